The van der Waals surface area contributed by atoms with E-state index in [1.165, 1.54) is 32.1 Å². The molecule has 176 valence electrons. The first-order valence-electron chi connectivity index (χ1n) is 11.6. The maximum Gasteiger partial charge on any atom is 0.168 e. The van der Waals surface area contributed by atoms with Gasteiger partial charge in [-0.15, -0.1) is 10.2 Å². The van der Waals surface area contributed by atoms with E-state index in [0.29, 0.717) is 10.0 Å². The molecule has 5 rings (SSSR count). The molecule has 0 bridgehead atoms. The molecule has 0 spiro atoms. The summed E-state index contributed by atoms with van der Waals surface area (Å²) in [5.74, 6) is 0. The van der Waals surface area contributed by atoms with E-state index in [4.69, 9.17) is 28.3 Å². The van der Waals surface area contributed by atoms with Crippen LogP contribution in [0.2, 0.25) is 10.0 Å². The Morgan fingerprint density at radius 3 is 2.44 bits per heavy atom. The van der Waals surface area contributed by atoms with Crippen molar-refractivity contribution < 1.29 is 0 Å². The minimum atomic E-state index is 0.108. The van der Waals surface area contributed by atoms with Gasteiger partial charge in [0.25, 0.3) is 0 Å². The molecule has 2 heterocycles. The predicted molar refractivity (Wildman–Crippen MR) is 145 cm³/mol. The topological polar surface area (TPSA) is 43.6 Å². The first-order valence-corrected chi connectivity index (χ1v) is 13.9. The molecule has 1 aliphatic rings. The van der Waals surface area contributed by atoms with Crippen molar-refractivity contribution in [2.75, 3.05) is 0 Å². The summed E-state index contributed by atoms with van der Waals surface area (Å²) >= 11 is 18.1. The van der Waals surface area contributed by atoms with Crippen LogP contribution in [0.1, 0.15) is 56.5 Å². The van der Waals surface area contributed by atoms with Crippen LogP contribution in [0.3, 0.4) is 0 Å². The first kappa shape index (κ1) is 24.0. The van der Waals surface area contributed by atoms with Crippen molar-refractivity contribution in [1.29, 1.82) is 0 Å². The Labute approximate surface area is 222 Å². The van der Waals surface area contributed by atoms with Crippen molar-refractivity contribution in [2.45, 2.75) is 57.8 Å². The SMILES string of the molecule is CCc1c(-c2nnc(C3(C)CCCCC3)s2)nn(-c2ccc(Cl)cc2Cl)c1-c1ccc(Br)cc1. The second-order valence-corrected chi connectivity index (χ2v) is 11.8. The maximum atomic E-state index is 6.65. The molecule has 34 heavy (non-hydrogen) atoms. The third kappa shape index (κ3) is 4.46. The van der Waals surface area contributed by atoms with Gasteiger partial charge in [-0.1, -0.05) is 95.7 Å². The molecule has 2 aromatic heterocycles. The van der Waals surface area contributed by atoms with Gasteiger partial charge < -0.3 is 0 Å². The van der Waals surface area contributed by atoms with Crippen molar-refractivity contribution in [3.63, 3.8) is 0 Å². The van der Waals surface area contributed by atoms with E-state index < -0.39 is 0 Å². The van der Waals surface area contributed by atoms with E-state index in [-0.39, 0.29) is 5.41 Å². The lowest BCUT2D eigenvalue weighted by Crippen LogP contribution is -2.24. The van der Waals surface area contributed by atoms with Crippen molar-refractivity contribution in [3.8, 4) is 27.6 Å². The zero-order valence-electron chi connectivity index (χ0n) is 19.1. The molecule has 0 radical (unpaired) electrons. The summed E-state index contributed by atoms with van der Waals surface area (Å²) in [6.07, 6.45) is 6.96. The molecule has 1 aliphatic carbocycles. The minimum Gasteiger partial charge on any atom is -0.231 e. The summed E-state index contributed by atoms with van der Waals surface area (Å²) in [4.78, 5) is 0. The van der Waals surface area contributed by atoms with Gasteiger partial charge in [-0.05, 0) is 49.6 Å². The molecule has 4 aromatic rings. The van der Waals surface area contributed by atoms with Crippen LogP contribution in [0, 0.1) is 0 Å². The van der Waals surface area contributed by atoms with Gasteiger partial charge in [0.1, 0.15) is 10.7 Å². The van der Waals surface area contributed by atoms with Crippen LogP contribution in [0.5, 0.6) is 0 Å². The van der Waals surface area contributed by atoms with Gasteiger partial charge in [0, 0.05) is 26.0 Å². The van der Waals surface area contributed by atoms with Gasteiger partial charge in [-0.2, -0.15) is 5.10 Å². The summed E-state index contributed by atoms with van der Waals surface area (Å²) < 4.78 is 2.96. The van der Waals surface area contributed by atoms with Crippen molar-refractivity contribution in [1.82, 2.24) is 20.0 Å². The summed E-state index contributed by atoms with van der Waals surface area (Å²) in [7, 11) is 0. The van der Waals surface area contributed by atoms with Gasteiger partial charge in [-0.25, -0.2) is 4.68 Å². The lowest BCUT2D eigenvalue weighted by Gasteiger charge is -2.30. The van der Waals surface area contributed by atoms with Gasteiger partial charge in [-0.3, -0.25) is 0 Å². The number of aromatic nitrogens is 4. The zero-order chi connectivity index (χ0) is 23.9. The van der Waals surface area contributed by atoms with Crippen LogP contribution in [-0.2, 0) is 11.8 Å². The quantitative estimate of drug-likeness (QED) is 0.238. The highest BCUT2D eigenvalue weighted by Crippen LogP contribution is 2.43. The third-order valence-electron chi connectivity index (χ3n) is 6.69. The normalized spacial score (nSPS) is 15.6. The van der Waals surface area contributed by atoms with Crippen LogP contribution in [0.15, 0.2) is 46.9 Å². The van der Waals surface area contributed by atoms with Gasteiger partial charge in [0.15, 0.2) is 5.01 Å². The van der Waals surface area contributed by atoms with E-state index in [9.17, 15) is 0 Å². The average molecular weight is 576 g/mol. The Morgan fingerprint density at radius 1 is 1.03 bits per heavy atom. The molecular weight excluding hydrogens is 551 g/mol. The molecule has 0 atom stereocenters. The Morgan fingerprint density at radius 2 is 1.76 bits per heavy atom. The monoisotopic (exact) mass is 574 g/mol. The van der Waals surface area contributed by atoms with Crippen molar-refractivity contribution in [2.24, 2.45) is 0 Å². The average Bonchev–Trinajstić information content (AvgIpc) is 3.46. The van der Waals surface area contributed by atoms with E-state index in [0.717, 1.165) is 49.1 Å². The second-order valence-electron chi connectivity index (χ2n) is 9.08. The Kier molecular flexibility index (Phi) is 6.86. The lowest BCUT2D eigenvalue weighted by atomic mass is 9.76. The van der Waals surface area contributed by atoms with Crippen molar-refractivity contribution >= 4 is 50.5 Å². The van der Waals surface area contributed by atoms with Crippen LogP contribution in [-0.4, -0.2) is 20.0 Å². The molecule has 4 nitrogen and oxygen atoms in total. The second kappa shape index (κ2) is 9.73. The Bertz CT molecular complexity index is 1320. The third-order valence-corrected chi connectivity index (χ3v) is 9.00. The largest absolute Gasteiger partial charge is 0.231 e. The Hall–Kier alpha value is -1.73. The number of nitrogens with zero attached hydrogens (tertiary/aromatic N) is 4. The number of rotatable bonds is 5. The van der Waals surface area contributed by atoms with Gasteiger partial charge in [0.2, 0.25) is 0 Å². The van der Waals surface area contributed by atoms with E-state index in [2.05, 4.69) is 52.1 Å². The number of hydrogen-bond donors (Lipinski definition) is 0. The summed E-state index contributed by atoms with van der Waals surface area (Å²) in [6, 6.07) is 13.8. The highest BCUT2D eigenvalue weighted by molar-refractivity contribution is 9.10. The van der Waals surface area contributed by atoms with E-state index in [1.54, 1.807) is 17.4 Å². The molecule has 0 unspecified atom stereocenters. The van der Waals surface area contributed by atoms with Crippen LogP contribution >= 0.6 is 50.5 Å². The van der Waals surface area contributed by atoms with E-state index >= 15 is 0 Å². The standard InChI is InChI=1S/C26H25BrCl2N4S/c1-3-19-22(24-30-31-25(34-24)26(2)13-5-4-6-14-26)32-33(21-12-11-18(28)15-20(21)29)23(19)16-7-9-17(27)10-8-16/h7-12,15H,3-6,13-14H2,1-2H3. The Balaban J connectivity index is 1.69. The molecule has 2 aromatic carbocycles. The molecule has 0 amide bonds. The molecule has 0 aliphatic heterocycles. The fourth-order valence-electron chi connectivity index (χ4n) is 4.80. The maximum absolute atomic E-state index is 6.65. The van der Waals surface area contributed by atoms with Crippen LogP contribution < -0.4 is 0 Å². The number of halogens is 3. The number of benzene rings is 2. The predicted octanol–water partition coefficient (Wildman–Crippen LogP) is 8.91. The molecular formula is C26H25BrCl2N4S. The lowest BCUT2D eigenvalue weighted by molar-refractivity contribution is 0.317. The molecule has 0 saturated heterocycles. The molecule has 0 N–H and O–H groups in total. The summed E-state index contributed by atoms with van der Waals surface area (Å²) in [6.45, 7) is 4.48. The fraction of sp³-hybridized carbons (Fsp3) is 0.346. The molecule has 8 heteroatoms. The highest BCUT2D eigenvalue weighted by atomic mass is 79.9. The van der Waals surface area contributed by atoms with E-state index in [1.807, 2.05) is 28.9 Å². The van der Waals surface area contributed by atoms with Crippen molar-refractivity contribution in [3.05, 3.63) is 67.6 Å². The smallest absolute Gasteiger partial charge is 0.168 e. The highest BCUT2D eigenvalue weighted by Gasteiger charge is 2.33. The minimum absolute atomic E-state index is 0.108. The first-order chi connectivity index (χ1) is 16.4. The van der Waals surface area contributed by atoms with Gasteiger partial charge in [0.05, 0.1) is 16.4 Å². The number of hydrogen-bond acceptors (Lipinski definition) is 4. The molecule has 1 saturated carbocycles. The molecule has 1 fully saturated rings. The van der Waals surface area contributed by atoms with Gasteiger partial charge >= 0.3 is 0 Å². The van der Waals surface area contributed by atoms with Crippen LogP contribution in [0.25, 0.3) is 27.6 Å². The fourth-order valence-corrected chi connectivity index (χ4v) is 6.61. The van der Waals surface area contributed by atoms with Crippen LogP contribution in [0.4, 0.5) is 0 Å². The summed E-state index contributed by atoms with van der Waals surface area (Å²) in [5, 5.41) is 17.5. The summed E-state index contributed by atoms with van der Waals surface area (Å²) in [5.41, 5.74) is 4.97. The zero-order valence-corrected chi connectivity index (χ0v) is 23.0.